The van der Waals surface area contributed by atoms with E-state index in [4.69, 9.17) is 4.99 Å². The van der Waals surface area contributed by atoms with Gasteiger partial charge in [-0.25, -0.2) is 4.98 Å². The number of aromatic nitrogens is 3. The van der Waals surface area contributed by atoms with Crippen molar-refractivity contribution in [2.24, 2.45) is 4.99 Å². The second-order valence-electron chi connectivity index (χ2n) is 10.5. The van der Waals surface area contributed by atoms with Crippen molar-refractivity contribution in [1.29, 1.82) is 0 Å². The summed E-state index contributed by atoms with van der Waals surface area (Å²) in [6, 6.07) is 9.28. The molecule has 4 aliphatic rings. The maximum Gasteiger partial charge on any atom is 0.256 e. The molecule has 0 aromatic carbocycles. The number of amides is 3. The molecule has 5 heterocycles. The molecule has 7 rings (SSSR count). The number of fused-ring (bicyclic) bond motifs is 3. The fourth-order valence-electron chi connectivity index (χ4n) is 6.33. The molecule has 2 N–H and O–H groups in total. The van der Waals surface area contributed by atoms with Crippen LogP contribution < -0.4 is 10.6 Å². The number of amidine groups is 1. The topological polar surface area (TPSA) is 130 Å². The molecule has 3 aromatic heterocycles. The molecule has 0 radical (unpaired) electrons. The number of rotatable bonds is 4. The lowest BCUT2D eigenvalue weighted by Crippen LogP contribution is -2.44. The third-order valence-corrected chi connectivity index (χ3v) is 8.17. The van der Waals surface area contributed by atoms with Crippen LogP contribution in [-0.4, -0.2) is 55.5 Å². The van der Waals surface area contributed by atoms with Crippen molar-refractivity contribution in [3.05, 3.63) is 77.5 Å². The first kappa shape index (κ1) is 22.7. The summed E-state index contributed by atoms with van der Waals surface area (Å²) in [4.78, 5) is 59.0. The van der Waals surface area contributed by atoms with E-state index in [1.54, 1.807) is 30.9 Å². The van der Waals surface area contributed by atoms with E-state index in [1.165, 1.54) is 4.90 Å². The summed E-state index contributed by atoms with van der Waals surface area (Å²) >= 11 is 0. The van der Waals surface area contributed by atoms with Gasteiger partial charge in [0, 0.05) is 41.8 Å². The molecule has 2 aliphatic carbocycles. The molecule has 1 saturated carbocycles. The predicted molar refractivity (Wildman–Crippen MR) is 139 cm³/mol. The highest BCUT2D eigenvalue weighted by atomic mass is 16.2. The zero-order valence-electron chi connectivity index (χ0n) is 20.6. The molecule has 10 nitrogen and oxygen atoms in total. The summed E-state index contributed by atoms with van der Waals surface area (Å²) in [6.07, 6.45) is 10.8. The normalized spacial score (nSPS) is 22.5. The van der Waals surface area contributed by atoms with Gasteiger partial charge in [-0.1, -0.05) is 18.9 Å². The van der Waals surface area contributed by atoms with Crippen LogP contribution in [0.5, 0.6) is 0 Å². The van der Waals surface area contributed by atoms with Crippen molar-refractivity contribution >= 4 is 35.1 Å². The van der Waals surface area contributed by atoms with Crippen LogP contribution in [0.2, 0.25) is 0 Å². The Labute approximate surface area is 218 Å². The van der Waals surface area contributed by atoms with Gasteiger partial charge in [0.25, 0.3) is 5.91 Å². The van der Waals surface area contributed by atoms with Gasteiger partial charge >= 0.3 is 0 Å². The molecule has 3 amide bonds. The van der Waals surface area contributed by atoms with Crippen molar-refractivity contribution in [2.75, 3.05) is 17.2 Å². The van der Waals surface area contributed by atoms with E-state index in [0.29, 0.717) is 48.6 Å². The van der Waals surface area contributed by atoms with Gasteiger partial charge in [-0.2, -0.15) is 0 Å². The van der Waals surface area contributed by atoms with E-state index in [1.807, 2.05) is 24.3 Å². The average molecular weight is 508 g/mol. The van der Waals surface area contributed by atoms with Crippen molar-refractivity contribution in [3.8, 4) is 0 Å². The number of anilines is 2. The summed E-state index contributed by atoms with van der Waals surface area (Å²) < 4.78 is 0. The first-order valence-corrected chi connectivity index (χ1v) is 12.8. The first-order valence-electron chi connectivity index (χ1n) is 12.8. The molecule has 38 heavy (non-hydrogen) atoms. The van der Waals surface area contributed by atoms with Gasteiger partial charge in [-0.3, -0.25) is 34.2 Å². The quantitative estimate of drug-likeness (QED) is 0.558. The Morgan fingerprint density at radius 1 is 1.05 bits per heavy atom. The van der Waals surface area contributed by atoms with E-state index in [0.717, 1.165) is 29.7 Å². The van der Waals surface area contributed by atoms with Crippen LogP contribution >= 0.6 is 0 Å². The van der Waals surface area contributed by atoms with Gasteiger partial charge in [0.1, 0.15) is 23.7 Å². The number of nitrogens with zero attached hydrogens (tertiary/aromatic N) is 5. The molecule has 0 bridgehead atoms. The minimum absolute atomic E-state index is 0.0783. The summed E-state index contributed by atoms with van der Waals surface area (Å²) in [7, 11) is 0. The summed E-state index contributed by atoms with van der Waals surface area (Å²) in [5.41, 5.74) is 2.36. The minimum atomic E-state index is -0.776. The first-order chi connectivity index (χ1) is 18.5. The molecule has 0 saturated heterocycles. The molecular formula is C28H25N7O3. The maximum absolute atomic E-state index is 13.5. The Bertz CT molecular complexity index is 1530. The molecule has 2 spiro atoms. The molecule has 1 fully saturated rings. The molecule has 3 aromatic rings. The predicted octanol–water partition coefficient (Wildman–Crippen LogP) is 2.40. The summed E-state index contributed by atoms with van der Waals surface area (Å²) in [5, 5.41) is 5.79. The van der Waals surface area contributed by atoms with Crippen LogP contribution in [-0.2, 0) is 32.6 Å². The summed E-state index contributed by atoms with van der Waals surface area (Å²) in [5.74, 6) is 0.546. The summed E-state index contributed by atoms with van der Waals surface area (Å²) in [6.45, 7) is -0.156. The van der Waals surface area contributed by atoms with Crippen LogP contribution in [0.15, 0.2) is 60.1 Å². The van der Waals surface area contributed by atoms with E-state index < -0.39 is 11.0 Å². The van der Waals surface area contributed by atoms with Crippen LogP contribution in [0, 0.1) is 0 Å². The van der Waals surface area contributed by atoms with E-state index >= 15 is 0 Å². The third-order valence-electron chi connectivity index (χ3n) is 8.17. The number of hydrogen-bond acceptors (Lipinski definition) is 7. The lowest BCUT2D eigenvalue weighted by molar-refractivity contribution is -0.133. The van der Waals surface area contributed by atoms with Crippen molar-refractivity contribution in [1.82, 2.24) is 19.9 Å². The van der Waals surface area contributed by atoms with Crippen LogP contribution in [0.4, 0.5) is 11.5 Å². The number of aliphatic imine (C=N–C) groups is 1. The molecule has 10 heteroatoms. The molecular weight excluding hydrogens is 482 g/mol. The third kappa shape index (κ3) is 3.36. The lowest BCUT2D eigenvalue weighted by Gasteiger charge is -2.22. The molecule has 0 unspecified atom stereocenters. The highest BCUT2D eigenvalue weighted by molar-refractivity contribution is 6.17. The Balaban J connectivity index is 1.11. The van der Waals surface area contributed by atoms with Crippen molar-refractivity contribution in [3.63, 3.8) is 0 Å². The Hall–Kier alpha value is -4.47. The van der Waals surface area contributed by atoms with Gasteiger partial charge < -0.3 is 10.6 Å². The van der Waals surface area contributed by atoms with Crippen LogP contribution in [0.3, 0.4) is 0 Å². The zero-order valence-corrected chi connectivity index (χ0v) is 20.6. The van der Waals surface area contributed by atoms with E-state index in [-0.39, 0.29) is 24.3 Å². The fraction of sp³-hybridized carbons (Fsp3) is 0.321. The molecule has 190 valence electrons. The van der Waals surface area contributed by atoms with Crippen molar-refractivity contribution < 1.29 is 14.4 Å². The van der Waals surface area contributed by atoms with Gasteiger partial charge in [0.2, 0.25) is 11.8 Å². The zero-order chi connectivity index (χ0) is 25.9. The monoisotopic (exact) mass is 507 g/mol. The molecule has 1 atom stereocenters. The standard InChI is InChI=1S/C28H25N7O3/c36-22(16-35-24(17-5-3-9-29-14-17)34-28(26(35)38)7-1-2-8-28)32-19-11-18-12-27(13-21(18)31-15-19)20-6-4-10-30-23(20)33-25(27)37/h3-6,9-11,14-15H,1-2,7-8,12-13,16H2,(H,32,36)(H,30,33,37)/t27-/m0/s1. The second-order valence-corrected chi connectivity index (χ2v) is 10.5. The fourth-order valence-corrected chi connectivity index (χ4v) is 6.33. The second kappa shape index (κ2) is 8.27. The smallest absolute Gasteiger partial charge is 0.256 e. The number of pyridine rings is 3. The van der Waals surface area contributed by atoms with Gasteiger partial charge in [0.05, 0.1) is 17.3 Å². The number of hydrogen-bond donors (Lipinski definition) is 2. The van der Waals surface area contributed by atoms with Gasteiger partial charge in [-0.15, -0.1) is 0 Å². The minimum Gasteiger partial charge on any atom is -0.323 e. The van der Waals surface area contributed by atoms with Crippen molar-refractivity contribution in [2.45, 2.75) is 49.5 Å². The average Bonchev–Trinajstić information content (AvgIpc) is 3.68. The SMILES string of the molecule is O=C(CN1C(=O)C2(CCCC2)N=C1c1cccnc1)Nc1cnc2c(c1)C[C@@]1(C2)C(=O)Nc2ncccc21. The molecule has 2 aliphatic heterocycles. The Morgan fingerprint density at radius 3 is 2.71 bits per heavy atom. The largest absolute Gasteiger partial charge is 0.323 e. The lowest BCUT2D eigenvalue weighted by atomic mass is 9.80. The van der Waals surface area contributed by atoms with Gasteiger partial charge in [-0.05, 0) is 49.1 Å². The Kier molecular flexibility index (Phi) is 4.94. The maximum atomic E-state index is 13.5. The number of carbonyl (C=O) groups is 3. The highest BCUT2D eigenvalue weighted by Crippen LogP contribution is 2.46. The Morgan fingerprint density at radius 2 is 1.89 bits per heavy atom. The highest BCUT2D eigenvalue weighted by Gasteiger charge is 2.52. The van der Waals surface area contributed by atoms with Crippen LogP contribution in [0.1, 0.15) is 48.1 Å². The van der Waals surface area contributed by atoms with Gasteiger partial charge in [0.15, 0.2) is 0 Å². The van der Waals surface area contributed by atoms with E-state index in [2.05, 4.69) is 25.6 Å². The van der Waals surface area contributed by atoms with Crippen LogP contribution in [0.25, 0.3) is 0 Å². The van der Waals surface area contributed by atoms with E-state index in [9.17, 15) is 14.4 Å². The number of carbonyl (C=O) groups excluding carboxylic acids is 3. The number of nitrogens with one attached hydrogen (secondary N) is 2.